The van der Waals surface area contributed by atoms with E-state index < -0.39 is 0 Å². The van der Waals surface area contributed by atoms with Crippen LogP contribution in [0.5, 0.6) is 5.75 Å². The van der Waals surface area contributed by atoms with Crippen LogP contribution in [0, 0.1) is 11.3 Å². The molecule has 1 spiro atoms. The number of thiazole rings is 1. The number of ether oxygens (including phenoxy) is 1. The summed E-state index contributed by atoms with van der Waals surface area (Å²) < 4.78 is 6.55. The van der Waals surface area contributed by atoms with Crippen LogP contribution in [0.15, 0.2) is 36.4 Å². The molecule has 188 valence electrons. The maximum atomic E-state index is 13.4. The van der Waals surface area contributed by atoms with Crippen LogP contribution in [0.25, 0.3) is 10.2 Å². The van der Waals surface area contributed by atoms with Crippen molar-refractivity contribution in [2.75, 3.05) is 25.9 Å². The van der Waals surface area contributed by atoms with Gasteiger partial charge in [0.2, 0.25) is 5.91 Å². The number of hydrogen-bond donors (Lipinski definition) is 2. The van der Waals surface area contributed by atoms with Crippen molar-refractivity contribution in [2.45, 2.75) is 51.0 Å². The van der Waals surface area contributed by atoms with Gasteiger partial charge in [-0.25, -0.2) is 4.98 Å². The highest BCUT2D eigenvalue weighted by Crippen LogP contribution is 2.49. The van der Waals surface area contributed by atoms with Gasteiger partial charge in [-0.05, 0) is 85.8 Å². The summed E-state index contributed by atoms with van der Waals surface area (Å²) in [7, 11) is 1.70. The molecule has 0 radical (unpaired) electrons. The summed E-state index contributed by atoms with van der Waals surface area (Å²) in [5.74, 6) is 1.19. The third kappa shape index (κ3) is 4.21. The maximum Gasteiger partial charge on any atom is 0.251 e. The minimum absolute atomic E-state index is 0.0432. The Balaban J connectivity index is 1.01. The van der Waals surface area contributed by atoms with Crippen molar-refractivity contribution in [1.82, 2.24) is 15.2 Å². The highest BCUT2D eigenvalue weighted by Gasteiger charge is 2.47. The molecule has 1 unspecified atom stereocenters. The quantitative estimate of drug-likeness (QED) is 0.555. The molecular weight excluding hydrogens is 472 g/mol. The number of nitrogens with one attached hydrogen (secondary N) is 1. The maximum absolute atomic E-state index is 13.4. The molecule has 8 heteroatoms. The number of rotatable bonds is 4. The van der Waals surface area contributed by atoms with Crippen LogP contribution in [-0.4, -0.2) is 47.9 Å². The van der Waals surface area contributed by atoms with E-state index in [4.69, 9.17) is 10.5 Å². The van der Waals surface area contributed by atoms with Crippen LogP contribution in [-0.2, 0) is 17.6 Å². The molecule has 1 saturated heterocycles. The average Bonchev–Trinajstić information content (AvgIpc) is 3.26. The summed E-state index contributed by atoms with van der Waals surface area (Å²) in [6.45, 7) is 1.63. The second kappa shape index (κ2) is 9.07. The van der Waals surface area contributed by atoms with Crippen molar-refractivity contribution in [1.29, 1.82) is 0 Å². The number of hydrogen-bond acceptors (Lipinski definition) is 6. The summed E-state index contributed by atoms with van der Waals surface area (Å²) in [6, 6.07) is 11.9. The second-order valence-electron chi connectivity index (χ2n) is 10.7. The number of carbonyl (C=O) groups is 2. The van der Waals surface area contributed by atoms with Crippen LogP contribution < -0.4 is 15.8 Å². The van der Waals surface area contributed by atoms with Gasteiger partial charge in [-0.2, -0.15) is 0 Å². The molecule has 3 aliphatic rings. The lowest BCUT2D eigenvalue weighted by Gasteiger charge is -2.52. The molecular formula is C28H32N4O3S. The minimum atomic E-state index is -0.0519. The van der Waals surface area contributed by atoms with E-state index in [0.29, 0.717) is 16.6 Å². The van der Waals surface area contributed by atoms with Gasteiger partial charge in [0.25, 0.3) is 5.91 Å². The average molecular weight is 505 g/mol. The van der Waals surface area contributed by atoms with Crippen molar-refractivity contribution in [3.8, 4) is 5.75 Å². The van der Waals surface area contributed by atoms with Crippen LogP contribution in [0.4, 0.5) is 5.13 Å². The number of methoxy groups -OCH3 is 1. The number of nitrogens with two attached hydrogens (primary N) is 1. The standard InChI is InChI=1S/C28H32N4O3S/c1-35-23-4-2-3-17-5-6-19(13-21(17)23)26(34)32-11-9-28(10-12-32)15-20(16-28)30-25(33)18-7-8-24-22(14-18)31-27(29)36-24/h2-4,7-8,14,19-20H,5-6,9-13,15-16H2,1H3,(H2,29,31)(H,30,33). The van der Waals surface area contributed by atoms with Gasteiger partial charge in [0.1, 0.15) is 5.75 Å². The molecule has 1 atom stereocenters. The van der Waals surface area contributed by atoms with E-state index >= 15 is 0 Å². The van der Waals surface area contributed by atoms with Gasteiger partial charge in [-0.15, -0.1) is 0 Å². The summed E-state index contributed by atoms with van der Waals surface area (Å²) in [5, 5.41) is 3.71. The normalized spacial score (nSPS) is 21.1. The Kier molecular flexibility index (Phi) is 5.86. The first-order valence-corrected chi connectivity index (χ1v) is 13.7. The van der Waals surface area contributed by atoms with E-state index in [-0.39, 0.29) is 23.3 Å². The Labute approximate surface area is 215 Å². The van der Waals surface area contributed by atoms with Crippen molar-refractivity contribution in [3.63, 3.8) is 0 Å². The molecule has 1 aliphatic heterocycles. The molecule has 1 aromatic heterocycles. The van der Waals surface area contributed by atoms with Crippen molar-refractivity contribution < 1.29 is 14.3 Å². The first kappa shape index (κ1) is 23.3. The van der Waals surface area contributed by atoms with E-state index in [1.54, 1.807) is 7.11 Å². The van der Waals surface area contributed by atoms with Crippen LogP contribution in [0.3, 0.4) is 0 Å². The molecule has 2 fully saturated rings. The van der Waals surface area contributed by atoms with Gasteiger partial charge in [0.05, 0.1) is 17.3 Å². The third-order valence-electron chi connectivity index (χ3n) is 8.51. The van der Waals surface area contributed by atoms with E-state index in [2.05, 4.69) is 21.3 Å². The summed E-state index contributed by atoms with van der Waals surface area (Å²) in [6.07, 6.45) is 6.62. The topological polar surface area (TPSA) is 97.5 Å². The lowest BCUT2D eigenvalue weighted by Crippen LogP contribution is -2.56. The van der Waals surface area contributed by atoms with E-state index in [1.807, 2.05) is 30.3 Å². The van der Waals surface area contributed by atoms with Gasteiger partial charge >= 0.3 is 0 Å². The van der Waals surface area contributed by atoms with Crippen molar-refractivity contribution >= 4 is 38.5 Å². The Bertz CT molecular complexity index is 1310. The zero-order chi connectivity index (χ0) is 24.9. The molecule has 0 bridgehead atoms. The summed E-state index contributed by atoms with van der Waals surface area (Å²) >= 11 is 1.43. The molecule has 2 heterocycles. The molecule has 6 rings (SSSR count). The third-order valence-corrected chi connectivity index (χ3v) is 9.37. The Morgan fingerprint density at radius 2 is 2.00 bits per heavy atom. The number of aromatic nitrogens is 1. The predicted octanol–water partition coefficient (Wildman–Crippen LogP) is 4.19. The molecule has 1 saturated carbocycles. The Hall–Kier alpha value is -3.13. The fourth-order valence-electron chi connectivity index (χ4n) is 6.47. The highest BCUT2D eigenvalue weighted by atomic mass is 32.1. The fraction of sp³-hybridized carbons (Fsp3) is 0.464. The molecule has 3 N–H and O–H groups in total. The molecule has 36 heavy (non-hydrogen) atoms. The Morgan fingerprint density at radius 3 is 2.78 bits per heavy atom. The highest BCUT2D eigenvalue weighted by molar-refractivity contribution is 7.22. The van der Waals surface area contributed by atoms with Gasteiger partial charge in [0, 0.05) is 30.6 Å². The smallest absolute Gasteiger partial charge is 0.251 e. The lowest BCUT2D eigenvalue weighted by molar-refractivity contribution is -0.139. The number of nitrogen functional groups attached to an aromatic ring is 1. The minimum Gasteiger partial charge on any atom is -0.496 e. The van der Waals surface area contributed by atoms with E-state index in [9.17, 15) is 9.59 Å². The largest absolute Gasteiger partial charge is 0.496 e. The number of amides is 2. The second-order valence-corrected chi connectivity index (χ2v) is 11.7. The number of piperidine rings is 1. The number of carbonyl (C=O) groups excluding carboxylic acids is 2. The number of anilines is 1. The molecule has 3 aromatic rings. The number of aryl methyl sites for hydroxylation is 1. The lowest BCUT2D eigenvalue weighted by atomic mass is 9.60. The SMILES string of the molecule is COc1cccc2c1CC(C(=O)N1CCC3(CC1)CC(NC(=O)c1ccc4sc(N)nc4c1)C3)CC2. The van der Waals surface area contributed by atoms with Crippen LogP contribution >= 0.6 is 11.3 Å². The number of likely N-dealkylation sites (tertiary alicyclic amines) is 1. The van der Waals surface area contributed by atoms with Gasteiger partial charge in [-0.1, -0.05) is 23.5 Å². The number of benzene rings is 2. The van der Waals surface area contributed by atoms with Crippen LogP contribution in [0.2, 0.25) is 0 Å². The molecule has 2 amide bonds. The summed E-state index contributed by atoms with van der Waals surface area (Å²) in [5.41, 5.74) is 9.95. The molecule has 7 nitrogen and oxygen atoms in total. The molecule has 2 aliphatic carbocycles. The van der Waals surface area contributed by atoms with Crippen molar-refractivity contribution in [2.24, 2.45) is 11.3 Å². The van der Waals surface area contributed by atoms with E-state index in [0.717, 1.165) is 74.0 Å². The first-order chi connectivity index (χ1) is 17.4. The zero-order valence-corrected chi connectivity index (χ0v) is 21.4. The number of fused-ring (bicyclic) bond motifs is 2. The predicted molar refractivity (Wildman–Crippen MR) is 141 cm³/mol. The fourth-order valence-corrected chi connectivity index (χ4v) is 7.18. The number of nitrogens with zero attached hydrogens (tertiary/aromatic N) is 2. The van der Waals surface area contributed by atoms with Crippen LogP contribution in [0.1, 0.15) is 53.6 Å². The first-order valence-electron chi connectivity index (χ1n) is 12.8. The van der Waals surface area contributed by atoms with E-state index in [1.165, 1.54) is 22.5 Å². The van der Waals surface area contributed by atoms with Gasteiger partial charge in [-0.3, -0.25) is 9.59 Å². The summed E-state index contributed by atoms with van der Waals surface area (Å²) in [4.78, 5) is 32.5. The van der Waals surface area contributed by atoms with Crippen molar-refractivity contribution in [3.05, 3.63) is 53.1 Å². The van der Waals surface area contributed by atoms with Gasteiger partial charge in [0.15, 0.2) is 5.13 Å². The molecule has 2 aromatic carbocycles. The Morgan fingerprint density at radius 1 is 1.19 bits per heavy atom. The zero-order valence-electron chi connectivity index (χ0n) is 20.6. The monoisotopic (exact) mass is 504 g/mol. The van der Waals surface area contributed by atoms with Gasteiger partial charge < -0.3 is 20.7 Å².